The Labute approximate surface area is 144 Å². The van der Waals surface area contributed by atoms with Crippen molar-refractivity contribution in [3.05, 3.63) is 73.2 Å². The molecular weight excluding hydrogens is 349 g/mol. The number of nitrogens with zero attached hydrogens (tertiary/aromatic N) is 1. The molecule has 24 heavy (non-hydrogen) atoms. The summed E-state index contributed by atoms with van der Waals surface area (Å²) in [5, 5.41) is 6.44. The molecule has 2 N–H and O–H groups in total. The molecule has 0 saturated heterocycles. The van der Waals surface area contributed by atoms with Crippen molar-refractivity contribution in [3.8, 4) is 11.1 Å². The first-order valence-corrected chi connectivity index (χ1v) is 7.80. The summed E-state index contributed by atoms with van der Waals surface area (Å²) >= 11 is 12.5. The van der Waals surface area contributed by atoms with Gasteiger partial charge in [0.1, 0.15) is 5.52 Å². The maximum absolute atomic E-state index is 12.4. The highest BCUT2D eigenvalue weighted by Crippen LogP contribution is 2.37. The molecule has 0 spiro atoms. The quantitative estimate of drug-likeness (QED) is 0.509. The Morgan fingerprint density at radius 1 is 0.917 bits per heavy atom. The summed E-state index contributed by atoms with van der Waals surface area (Å²) < 4.78 is 0. The van der Waals surface area contributed by atoms with Gasteiger partial charge in [-0.15, -0.1) is 0 Å². The molecule has 2 aromatic heterocycles. The van der Waals surface area contributed by atoms with E-state index in [4.69, 9.17) is 23.2 Å². The molecule has 0 saturated carbocycles. The molecule has 4 aromatic rings. The molecule has 7 heteroatoms. The zero-order valence-corrected chi connectivity index (χ0v) is 13.6. The molecule has 2 heterocycles. The van der Waals surface area contributed by atoms with Crippen molar-refractivity contribution in [2.24, 2.45) is 0 Å². The van der Waals surface area contributed by atoms with Crippen molar-refractivity contribution in [2.75, 3.05) is 0 Å². The Hall–Kier alpha value is -2.63. The molecule has 0 fully saturated rings. The fraction of sp³-hybridized carbons (Fsp3) is 0. The molecule has 5 nitrogen and oxygen atoms in total. The second kappa shape index (κ2) is 5.47. The van der Waals surface area contributed by atoms with Gasteiger partial charge < -0.3 is 0 Å². The smallest absolute Gasteiger partial charge is 0.267 e. The lowest BCUT2D eigenvalue weighted by Gasteiger charge is -2.11. The van der Waals surface area contributed by atoms with Gasteiger partial charge in [-0.25, -0.2) is 4.98 Å². The number of aromatic nitrogens is 3. The predicted molar refractivity (Wildman–Crippen MR) is 95.9 cm³/mol. The SMILES string of the molecule is O=c1[nH][nH]c(=O)c2c(-c3ccccc3Cl)c3cc(Cl)ccc3nc12. The maximum Gasteiger partial charge on any atom is 0.289 e. The highest BCUT2D eigenvalue weighted by molar-refractivity contribution is 6.35. The van der Waals surface area contributed by atoms with Gasteiger partial charge in [-0.05, 0) is 24.3 Å². The molecule has 0 aliphatic heterocycles. The fourth-order valence-electron chi connectivity index (χ4n) is 2.80. The maximum atomic E-state index is 12.4. The van der Waals surface area contributed by atoms with Gasteiger partial charge in [0, 0.05) is 26.6 Å². The predicted octanol–water partition coefficient (Wildman–Crippen LogP) is 3.74. The zero-order chi connectivity index (χ0) is 16.8. The van der Waals surface area contributed by atoms with Gasteiger partial charge in [0.2, 0.25) is 0 Å². The van der Waals surface area contributed by atoms with Gasteiger partial charge in [-0.2, -0.15) is 0 Å². The van der Waals surface area contributed by atoms with E-state index >= 15 is 0 Å². The number of H-pyrrole nitrogens is 2. The molecule has 0 radical (unpaired) electrons. The van der Waals surface area contributed by atoms with Crippen LogP contribution in [0.5, 0.6) is 0 Å². The normalized spacial score (nSPS) is 11.2. The lowest BCUT2D eigenvalue weighted by Crippen LogP contribution is -2.20. The van der Waals surface area contributed by atoms with Crippen LogP contribution in [0.3, 0.4) is 0 Å². The van der Waals surface area contributed by atoms with E-state index in [0.717, 1.165) is 0 Å². The highest BCUT2D eigenvalue weighted by atomic mass is 35.5. The van der Waals surface area contributed by atoms with Crippen LogP contribution in [0.1, 0.15) is 0 Å². The molecule has 4 rings (SSSR count). The standard InChI is InChI=1S/C17H9Cl2N3O2/c18-8-5-6-12-10(7-8)13(9-3-1-2-4-11(9)19)14-15(20-12)17(24)22-21-16(14)23/h1-7H,(H,21,23)(H,22,24). The van der Waals surface area contributed by atoms with Crippen molar-refractivity contribution in [1.29, 1.82) is 0 Å². The summed E-state index contributed by atoms with van der Waals surface area (Å²) in [5.74, 6) is 0. The highest BCUT2D eigenvalue weighted by Gasteiger charge is 2.18. The Morgan fingerprint density at radius 2 is 1.67 bits per heavy atom. The first-order valence-electron chi connectivity index (χ1n) is 7.05. The third-order valence-corrected chi connectivity index (χ3v) is 4.39. The van der Waals surface area contributed by atoms with E-state index in [9.17, 15) is 9.59 Å². The van der Waals surface area contributed by atoms with Crippen molar-refractivity contribution in [2.45, 2.75) is 0 Å². The summed E-state index contributed by atoms with van der Waals surface area (Å²) in [4.78, 5) is 28.9. The zero-order valence-electron chi connectivity index (χ0n) is 12.1. The van der Waals surface area contributed by atoms with E-state index in [1.54, 1.807) is 36.4 Å². The van der Waals surface area contributed by atoms with Crippen LogP contribution < -0.4 is 11.1 Å². The van der Waals surface area contributed by atoms with Gasteiger partial charge in [0.05, 0.1) is 10.9 Å². The van der Waals surface area contributed by atoms with Crippen molar-refractivity contribution < 1.29 is 0 Å². The average Bonchev–Trinajstić information content (AvgIpc) is 2.57. The van der Waals surface area contributed by atoms with E-state index in [1.807, 2.05) is 6.07 Å². The number of aromatic amines is 2. The molecule has 0 unspecified atom stereocenters. The Morgan fingerprint density at radius 3 is 2.46 bits per heavy atom. The number of hydrogen-bond acceptors (Lipinski definition) is 3. The van der Waals surface area contributed by atoms with Gasteiger partial charge in [0.15, 0.2) is 0 Å². The molecule has 0 atom stereocenters. The number of halogens is 2. The molecular formula is C17H9Cl2N3O2. The first kappa shape index (κ1) is 14.9. The molecule has 0 amide bonds. The largest absolute Gasteiger partial charge is 0.289 e. The monoisotopic (exact) mass is 357 g/mol. The summed E-state index contributed by atoms with van der Waals surface area (Å²) in [5.41, 5.74) is 0.857. The lowest BCUT2D eigenvalue weighted by molar-refractivity contribution is 0.972. The Bertz CT molecular complexity index is 1230. The fourth-order valence-corrected chi connectivity index (χ4v) is 3.20. The summed E-state index contributed by atoms with van der Waals surface area (Å²) in [7, 11) is 0. The van der Waals surface area contributed by atoms with Gasteiger partial charge in [-0.1, -0.05) is 41.4 Å². The van der Waals surface area contributed by atoms with Crippen molar-refractivity contribution in [3.63, 3.8) is 0 Å². The minimum absolute atomic E-state index is 0.0588. The molecule has 118 valence electrons. The number of rotatable bonds is 1. The van der Waals surface area contributed by atoms with E-state index in [2.05, 4.69) is 15.2 Å². The summed E-state index contributed by atoms with van der Waals surface area (Å²) in [6.45, 7) is 0. The van der Waals surface area contributed by atoms with Gasteiger partial charge in [-0.3, -0.25) is 19.8 Å². The molecule has 0 aliphatic carbocycles. The van der Waals surface area contributed by atoms with Crippen molar-refractivity contribution >= 4 is 45.0 Å². The van der Waals surface area contributed by atoms with Gasteiger partial charge in [0.25, 0.3) is 11.1 Å². The number of fused-ring (bicyclic) bond motifs is 2. The molecule has 2 aromatic carbocycles. The van der Waals surface area contributed by atoms with Crippen LogP contribution in [-0.4, -0.2) is 15.2 Å². The summed E-state index contributed by atoms with van der Waals surface area (Å²) in [6, 6.07) is 12.2. The first-order chi connectivity index (χ1) is 11.6. The van der Waals surface area contributed by atoms with Crippen LogP contribution in [0.25, 0.3) is 32.9 Å². The number of benzene rings is 2. The average molecular weight is 358 g/mol. The van der Waals surface area contributed by atoms with Crippen LogP contribution in [0.2, 0.25) is 10.0 Å². The Kier molecular flexibility index (Phi) is 3.40. The Balaban J connectivity index is 2.37. The third-order valence-electron chi connectivity index (χ3n) is 3.82. The minimum atomic E-state index is -0.477. The minimum Gasteiger partial charge on any atom is -0.267 e. The van der Waals surface area contributed by atoms with Crippen molar-refractivity contribution in [1.82, 2.24) is 15.2 Å². The topological polar surface area (TPSA) is 78.6 Å². The second-order valence-corrected chi connectivity index (χ2v) is 6.10. The van der Waals surface area contributed by atoms with Crippen LogP contribution in [0, 0.1) is 0 Å². The molecule has 0 aliphatic rings. The van der Waals surface area contributed by atoms with Crippen LogP contribution in [0.4, 0.5) is 0 Å². The lowest BCUT2D eigenvalue weighted by atomic mass is 9.97. The van der Waals surface area contributed by atoms with Crippen LogP contribution in [-0.2, 0) is 0 Å². The van der Waals surface area contributed by atoms with Crippen LogP contribution in [0.15, 0.2) is 52.1 Å². The van der Waals surface area contributed by atoms with E-state index in [0.29, 0.717) is 32.1 Å². The third kappa shape index (κ3) is 2.21. The van der Waals surface area contributed by atoms with Crippen LogP contribution >= 0.6 is 23.2 Å². The van der Waals surface area contributed by atoms with E-state index in [1.165, 1.54) is 0 Å². The van der Waals surface area contributed by atoms with E-state index < -0.39 is 11.1 Å². The van der Waals surface area contributed by atoms with Gasteiger partial charge >= 0.3 is 0 Å². The number of pyridine rings is 1. The second-order valence-electron chi connectivity index (χ2n) is 5.26. The van der Waals surface area contributed by atoms with E-state index in [-0.39, 0.29) is 10.9 Å². The number of nitrogens with one attached hydrogen (secondary N) is 2. The number of hydrogen-bond donors (Lipinski definition) is 2. The molecule has 0 bridgehead atoms. The summed E-state index contributed by atoms with van der Waals surface area (Å²) in [6.07, 6.45) is 0.